The summed E-state index contributed by atoms with van der Waals surface area (Å²) in [5.41, 5.74) is 2.95. The molecular formula is C22H19N3O. The minimum atomic E-state index is 0.563. The van der Waals surface area contributed by atoms with Crippen molar-refractivity contribution in [2.75, 3.05) is 19.0 Å². The molecule has 0 saturated carbocycles. The van der Waals surface area contributed by atoms with Crippen LogP contribution in [0, 0.1) is 0 Å². The number of para-hydroxylation sites is 2. The monoisotopic (exact) mass is 341 g/mol. The highest BCUT2D eigenvalue weighted by atomic mass is 16.5. The van der Waals surface area contributed by atoms with Gasteiger partial charge in [-0.15, -0.1) is 0 Å². The molecule has 1 aromatic heterocycles. The number of hydrogen-bond donors (Lipinski definition) is 0. The highest BCUT2D eigenvalue weighted by Crippen LogP contribution is 2.30. The van der Waals surface area contributed by atoms with E-state index in [1.54, 1.807) is 0 Å². The van der Waals surface area contributed by atoms with E-state index in [1.807, 2.05) is 80.8 Å². The van der Waals surface area contributed by atoms with Crippen molar-refractivity contribution in [3.63, 3.8) is 0 Å². The summed E-state index contributed by atoms with van der Waals surface area (Å²) in [5, 5.41) is 0.894. The third kappa shape index (κ3) is 3.22. The average molecular weight is 341 g/mol. The summed E-state index contributed by atoms with van der Waals surface area (Å²) < 4.78 is 6.06. The summed E-state index contributed by atoms with van der Waals surface area (Å²) in [5.74, 6) is 1.97. The highest BCUT2D eigenvalue weighted by Gasteiger charge is 2.11. The zero-order chi connectivity index (χ0) is 17.9. The van der Waals surface area contributed by atoms with Crippen molar-refractivity contribution >= 4 is 16.6 Å². The van der Waals surface area contributed by atoms with Gasteiger partial charge >= 0.3 is 0 Å². The quantitative estimate of drug-likeness (QED) is 0.514. The fourth-order valence-electron chi connectivity index (χ4n) is 2.76. The van der Waals surface area contributed by atoms with Crippen LogP contribution >= 0.6 is 0 Å². The number of anilines is 1. The summed E-state index contributed by atoms with van der Waals surface area (Å²) in [6.45, 7) is 0. The molecule has 0 aliphatic carbocycles. The van der Waals surface area contributed by atoms with E-state index in [0.29, 0.717) is 11.7 Å². The summed E-state index contributed by atoms with van der Waals surface area (Å²) in [6.07, 6.45) is 0. The van der Waals surface area contributed by atoms with Gasteiger partial charge in [-0.25, -0.2) is 4.98 Å². The first-order valence-electron chi connectivity index (χ1n) is 8.48. The zero-order valence-electron chi connectivity index (χ0n) is 14.8. The molecule has 0 spiro atoms. The van der Waals surface area contributed by atoms with E-state index in [0.717, 1.165) is 27.9 Å². The molecule has 0 amide bonds. The van der Waals surface area contributed by atoms with Crippen LogP contribution in [0.2, 0.25) is 0 Å². The van der Waals surface area contributed by atoms with Crippen molar-refractivity contribution in [1.29, 1.82) is 0 Å². The summed E-state index contributed by atoms with van der Waals surface area (Å²) in [6, 6.07) is 25.8. The van der Waals surface area contributed by atoms with Crippen molar-refractivity contribution in [2.24, 2.45) is 0 Å². The standard InChI is InChI=1S/C22H19N3O/c1-25(2)17-14-12-16(13-15-17)21-23-20-11-7-6-10-19(20)22(24-21)26-18-8-4-3-5-9-18/h3-15H,1-2H3. The number of benzene rings is 3. The van der Waals surface area contributed by atoms with Crippen LogP contribution in [0.25, 0.3) is 22.3 Å². The van der Waals surface area contributed by atoms with Crippen LogP contribution in [0.4, 0.5) is 5.69 Å². The van der Waals surface area contributed by atoms with Gasteiger partial charge in [-0.3, -0.25) is 0 Å². The van der Waals surface area contributed by atoms with Crippen LogP contribution in [-0.4, -0.2) is 24.1 Å². The Morgan fingerprint density at radius 3 is 2.15 bits per heavy atom. The van der Waals surface area contributed by atoms with Crippen LogP contribution in [0.1, 0.15) is 0 Å². The molecule has 0 bridgehead atoms. The second kappa shape index (κ2) is 6.84. The van der Waals surface area contributed by atoms with Gasteiger partial charge in [-0.05, 0) is 48.5 Å². The smallest absolute Gasteiger partial charge is 0.230 e. The minimum Gasteiger partial charge on any atom is -0.438 e. The van der Waals surface area contributed by atoms with Crippen molar-refractivity contribution in [1.82, 2.24) is 9.97 Å². The van der Waals surface area contributed by atoms with Crippen molar-refractivity contribution in [3.8, 4) is 23.0 Å². The summed E-state index contributed by atoms with van der Waals surface area (Å²) in [4.78, 5) is 11.5. The van der Waals surface area contributed by atoms with Gasteiger partial charge in [0.2, 0.25) is 5.88 Å². The van der Waals surface area contributed by atoms with Crippen LogP contribution in [0.5, 0.6) is 11.6 Å². The molecule has 0 saturated heterocycles. The van der Waals surface area contributed by atoms with Crippen LogP contribution < -0.4 is 9.64 Å². The summed E-state index contributed by atoms with van der Waals surface area (Å²) >= 11 is 0. The van der Waals surface area contributed by atoms with E-state index in [9.17, 15) is 0 Å². The number of nitrogens with zero attached hydrogens (tertiary/aromatic N) is 3. The lowest BCUT2D eigenvalue weighted by Gasteiger charge is -2.13. The van der Waals surface area contributed by atoms with Crippen LogP contribution in [0.15, 0.2) is 78.9 Å². The Balaban J connectivity index is 1.80. The van der Waals surface area contributed by atoms with E-state index in [-0.39, 0.29) is 0 Å². The van der Waals surface area contributed by atoms with E-state index >= 15 is 0 Å². The molecule has 0 atom stereocenters. The number of aromatic nitrogens is 2. The fourth-order valence-corrected chi connectivity index (χ4v) is 2.76. The maximum atomic E-state index is 6.06. The molecule has 3 aromatic carbocycles. The molecule has 4 rings (SSSR count). The molecule has 0 aliphatic heterocycles. The first kappa shape index (κ1) is 16.1. The Bertz CT molecular complexity index is 1030. The van der Waals surface area contributed by atoms with E-state index in [1.165, 1.54) is 0 Å². The normalized spacial score (nSPS) is 10.7. The van der Waals surface area contributed by atoms with Gasteiger partial charge in [-0.2, -0.15) is 4.98 Å². The van der Waals surface area contributed by atoms with Crippen LogP contribution in [0.3, 0.4) is 0 Å². The predicted octanol–water partition coefficient (Wildman–Crippen LogP) is 5.16. The van der Waals surface area contributed by atoms with Gasteiger partial charge in [0.1, 0.15) is 5.75 Å². The van der Waals surface area contributed by atoms with Gasteiger partial charge in [-0.1, -0.05) is 30.3 Å². The molecule has 4 nitrogen and oxygen atoms in total. The number of fused-ring (bicyclic) bond motifs is 1. The van der Waals surface area contributed by atoms with Crippen LogP contribution in [-0.2, 0) is 0 Å². The van der Waals surface area contributed by atoms with E-state index in [4.69, 9.17) is 14.7 Å². The average Bonchev–Trinajstić information content (AvgIpc) is 2.69. The van der Waals surface area contributed by atoms with Gasteiger partial charge in [0.15, 0.2) is 5.82 Å². The molecule has 4 heteroatoms. The van der Waals surface area contributed by atoms with Gasteiger partial charge in [0.05, 0.1) is 10.9 Å². The molecular weight excluding hydrogens is 322 g/mol. The lowest BCUT2D eigenvalue weighted by atomic mass is 10.1. The lowest BCUT2D eigenvalue weighted by Crippen LogP contribution is -2.08. The Hall–Kier alpha value is -3.40. The first-order valence-corrected chi connectivity index (χ1v) is 8.48. The Morgan fingerprint density at radius 1 is 0.731 bits per heavy atom. The third-order valence-electron chi connectivity index (χ3n) is 4.17. The van der Waals surface area contributed by atoms with Gasteiger partial charge in [0, 0.05) is 25.3 Å². The van der Waals surface area contributed by atoms with Gasteiger partial charge in [0.25, 0.3) is 0 Å². The van der Waals surface area contributed by atoms with Crippen molar-refractivity contribution in [3.05, 3.63) is 78.9 Å². The Labute approximate surface area is 152 Å². The molecule has 0 unspecified atom stereocenters. The second-order valence-electron chi connectivity index (χ2n) is 6.23. The SMILES string of the molecule is CN(C)c1ccc(-c2nc(Oc3ccccc3)c3ccccc3n2)cc1. The minimum absolute atomic E-state index is 0.563. The maximum Gasteiger partial charge on any atom is 0.230 e. The molecule has 0 fully saturated rings. The molecule has 128 valence electrons. The topological polar surface area (TPSA) is 38.2 Å². The Kier molecular flexibility index (Phi) is 4.23. The van der Waals surface area contributed by atoms with Crippen molar-refractivity contribution in [2.45, 2.75) is 0 Å². The molecule has 0 radical (unpaired) electrons. The van der Waals surface area contributed by atoms with E-state index in [2.05, 4.69) is 17.0 Å². The molecule has 4 aromatic rings. The number of rotatable bonds is 4. The number of ether oxygens (including phenoxy) is 1. The molecule has 0 N–H and O–H groups in total. The zero-order valence-corrected chi connectivity index (χ0v) is 14.8. The number of hydrogen-bond acceptors (Lipinski definition) is 4. The second-order valence-corrected chi connectivity index (χ2v) is 6.23. The lowest BCUT2D eigenvalue weighted by molar-refractivity contribution is 0.469. The van der Waals surface area contributed by atoms with E-state index < -0.39 is 0 Å². The van der Waals surface area contributed by atoms with Gasteiger partial charge < -0.3 is 9.64 Å². The molecule has 0 aliphatic rings. The summed E-state index contributed by atoms with van der Waals surface area (Å²) in [7, 11) is 4.04. The predicted molar refractivity (Wildman–Crippen MR) is 106 cm³/mol. The largest absolute Gasteiger partial charge is 0.438 e. The third-order valence-corrected chi connectivity index (χ3v) is 4.17. The fraction of sp³-hybridized carbons (Fsp3) is 0.0909. The Morgan fingerprint density at radius 2 is 1.42 bits per heavy atom. The maximum absolute atomic E-state index is 6.06. The molecule has 1 heterocycles. The molecule has 26 heavy (non-hydrogen) atoms. The first-order chi connectivity index (χ1) is 12.7. The van der Waals surface area contributed by atoms with Crippen molar-refractivity contribution < 1.29 is 4.74 Å². The highest BCUT2D eigenvalue weighted by molar-refractivity contribution is 5.85.